The molecule has 1 aliphatic rings. The molecule has 2 amide bonds. The summed E-state index contributed by atoms with van der Waals surface area (Å²) >= 11 is 0. The molecule has 0 aliphatic carbocycles. The fraction of sp³-hybridized carbons (Fsp3) is 0.389. The molecule has 0 saturated carbocycles. The van der Waals surface area contributed by atoms with Crippen LogP contribution < -0.4 is 5.32 Å². The lowest BCUT2D eigenvalue weighted by atomic mass is 10.1. The van der Waals surface area contributed by atoms with Crippen LogP contribution in [0, 0.1) is 13.8 Å². The fourth-order valence-corrected chi connectivity index (χ4v) is 3.12. The SMILES string of the molecule is CCCn1nc(C)c(NCCN2C(=O)c3ccccc3C2=O)c1C. The molecule has 6 nitrogen and oxygen atoms in total. The molecule has 1 N–H and O–H groups in total. The number of carbonyl (C=O) groups excluding carboxylic acids is 2. The van der Waals surface area contributed by atoms with Crippen LogP contribution in [0.1, 0.15) is 45.4 Å². The van der Waals surface area contributed by atoms with Gasteiger partial charge in [0.05, 0.1) is 28.2 Å². The molecule has 0 spiro atoms. The van der Waals surface area contributed by atoms with Gasteiger partial charge in [0.15, 0.2) is 0 Å². The van der Waals surface area contributed by atoms with E-state index in [1.165, 1.54) is 4.90 Å². The summed E-state index contributed by atoms with van der Waals surface area (Å²) in [6.07, 6.45) is 1.02. The number of anilines is 1. The van der Waals surface area contributed by atoms with Crippen molar-refractivity contribution in [3.8, 4) is 0 Å². The number of amides is 2. The Morgan fingerprint density at radius 1 is 1.04 bits per heavy atom. The van der Waals surface area contributed by atoms with E-state index >= 15 is 0 Å². The van der Waals surface area contributed by atoms with Crippen molar-refractivity contribution < 1.29 is 9.59 Å². The Morgan fingerprint density at radius 2 is 1.67 bits per heavy atom. The maximum Gasteiger partial charge on any atom is 0.261 e. The summed E-state index contributed by atoms with van der Waals surface area (Å²) in [7, 11) is 0. The Hall–Kier alpha value is -2.63. The molecular weight excluding hydrogens is 304 g/mol. The highest BCUT2D eigenvalue weighted by Crippen LogP contribution is 2.23. The molecule has 3 rings (SSSR count). The van der Waals surface area contributed by atoms with E-state index < -0.39 is 0 Å². The van der Waals surface area contributed by atoms with Gasteiger partial charge in [-0.25, -0.2) is 0 Å². The van der Waals surface area contributed by atoms with E-state index in [1.54, 1.807) is 24.3 Å². The van der Waals surface area contributed by atoms with Crippen molar-refractivity contribution in [3.63, 3.8) is 0 Å². The van der Waals surface area contributed by atoms with Gasteiger partial charge in [0.25, 0.3) is 11.8 Å². The molecule has 1 aromatic heterocycles. The van der Waals surface area contributed by atoms with E-state index in [1.807, 2.05) is 18.5 Å². The van der Waals surface area contributed by atoms with Crippen LogP contribution in [0.4, 0.5) is 5.69 Å². The second-order valence-electron chi connectivity index (χ2n) is 6.00. The first-order chi connectivity index (χ1) is 11.5. The summed E-state index contributed by atoms with van der Waals surface area (Å²) < 4.78 is 1.99. The van der Waals surface area contributed by atoms with Crippen molar-refractivity contribution >= 4 is 17.5 Å². The Labute approximate surface area is 141 Å². The molecule has 0 saturated heterocycles. The largest absolute Gasteiger partial charge is 0.380 e. The van der Waals surface area contributed by atoms with Crippen molar-refractivity contribution in [2.24, 2.45) is 0 Å². The van der Waals surface area contributed by atoms with Gasteiger partial charge in [-0.2, -0.15) is 5.10 Å². The van der Waals surface area contributed by atoms with Crippen LogP contribution in [-0.2, 0) is 6.54 Å². The monoisotopic (exact) mass is 326 g/mol. The van der Waals surface area contributed by atoms with Crippen molar-refractivity contribution in [3.05, 3.63) is 46.8 Å². The summed E-state index contributed by atoms with van der Waals surface area (Å²) in [4.78, 5) is 26.0. The average molecular weight is 326 g/mol. The zero-order valence-corrected chi connectivity index (χ0v) is 14.3. The number of nitrogens with one attached hydrogen (secondary N) is 1. The molecular formula is C18H22N4O2. The van der Waals surface area contributed by atoms with Gasteiger partial charge in [-0.15, -0.1) is 0 Å². The molecule has 0 fully saturated rings. The number of nitrogens with zero attached hydrogens (tertiary/aromatic N) is 3. The lowest BCUT2D eigenvalue weighted by Gasteiger charge is -2.15. The molecule has 126 valence electrons. The number of imide groups is 1. The van der Waals surface area contributed by atoms with Gasteiger partial charge in [0.1, 0.15) is 0 Å². The molecule has 1 aromatic carbocycles. The first kappa shape index (κ1) is 16.2. The van der Waals surface area contributed by atoms with E-state index in [4.69, 9.17) is 0 Å². The van der Waals surface area contributed by atoms with Gasteiger partial charge < -0.3 is 5.32 Å². The summed E-state index contributed by atoms with van der Waals surface area (Å²) in [5.41, 5.74) is 3.98. The maximum absolute atomic E-state index is 12.3. The lowest BCUT2D eigenvalue weighted by Crippen LogP contribution is -2.34. The Balaban J connectivity index is 1.66. The number of aromatic nitrogens is 2. The molecule has 2 heterocycles. The topological polar surface area (TPSA) is 67.2 Å². The predicted molar refractivity (Wildman–Crippen MR) is 92.3 cm³/mol. The van der Waals surface area contributed by atoms with Crippen molar-refractivity contribution in [1.82, 2.24) is 14.7 Å². The van der Waals surface area contributed by atoms with E-state index in [-0.39, 0.29) is 11.8 Å². The second-order valence-corrected chi connectivity index (χ2v) is 6.00. The van der Waals surface area contributed by atoms with Crippen LogP contribution in [-0.4, -0.2) is 39.6 Å². The van der Waals surface area contributed by atoms with E-state index in [2.05, 4.69) is 17.3 Å². The molecule has 1 aliphatic heterocycles. The molecule has 2 aromatic rings. The maximum atomic E-state index is 12.3. The van der Waals surface area contributed by atoms with Crippen LogP contribution in [0.25, 0.3) is 0 Å². The number of rotatable bonds is 6. The number of hydrogen-bond donors (Lipinski definition) is 1. The normalized spacial score (nSPS) is 13.5. The lowest BCUT2D eigenvalue weighted by molar-refractivity contribution is 0.0660. The Morgan fingerprint density at radius 3 is 2.25 bits per heavy atom. The minimum Gasteiger partial charge on any atom is -0.380 e. The average Bonchev–Trinajstić information content (AvgIpc) is 2.98. The Bertz CT molecular complexity index is 759. The van der Waals surface area contributed by atoms with Crippen LogP contribution in [0.3, 0.4) is 0 Å². The third-order valence-corrected chi connectivity index (χ3v) is 4.33. The van der Waals surface area contributed by atoms with Gasteiger partial charge in [-0.1, -0.05) is 19.1 Å². The standard InChI is InChI=1S/C18H22N4O2/c1-4-10-22-13(3)16(12(2)20-22)19-9-11-21-17(23)14-7-5-6-8-15(14)18(21)24/h5-8,19H,4,9-11H2,1-3H3. The molecule has 24 heavy (non-hydrogen) atoms. The van der Waals surface area contributed by atoms with Gasteiger partial charge in [-0.3, -0.25) is 19.2 Å². The van der Waals surface area contributed by atoms with Crippen molar-refractivity contribution in [2.75, 3.05) is 18.4 Å². The first-order valence-corrected chi connectivity index (χ1v) is 8.27. The van der Waals surface area contributed by atoms with Gasteiger partial charge >= 0.3 is 0 Å². The van der Waals surface area contributed by atoms with Crippen LogP contribution >= 0.6 is 0 Å². The Kier molecular flexibility index (Phi) is 4.38. The third kappa shape index (κ3) is 2.68. The second kappa shape index (κ2) is 6.47. The van der Waals surface area contributed by atoms with E-state index in [0.29, 0.717) is 24.2 Å². The van der Waals surface area contributed by atoms with Crippen molar-refractivity contribution in [1.29, 1.82) is 0 Å². The quantitative estimate of drug-likeness (QED) is 0.829. The van der Waals surface area contributed by atoms with Crippen molar-refractivity contribution in [2.45, 2.75) is 33.7 Å². The van der Waals surface area contributed by atoms with Gasteiger partial charge in [-0.05, 0) is 32.4 Å². The number of aryl methyl sites for hydroxylation is 2. The third-order valence-electron chi connectivity index (χ3n) is 4.33. The zero-order valence-electron chi connectivity index (χ0n) is 14.3. The first-order valence-electron chi connectivity index (χ1n) is 8.27. The minimum absolute atomic E-state index is 0.215. The fourth-order valence-electron chi connectivity index (χ4n) is 3.12. The molecule has 0 atom stereocenters. The highest BCUT2D eigenvalue weighted by molar-refractivity contribution is 6.21. The summed E-state index contributed by atoms with van der Waals surface area (Å²) in [5.74, 6) is -0.431. The van der Waals surface area contributed by atoms with E-state index in [9.17, 15) is 9.59 Å². The molecule has 0 bridgehead atoms. The van der Waals surface area contributed by atoms with Crippen LogP contribution in [0.2, 0.25) is 0 Å². The van der Waals surface area contributed by atoms with E-state index in [0.717, 1.165) is 30.0 Å². The number of fused-ring (bicyclic) bond motifs is 1. The predicted octanol–water partition coefficient (Wildman–Crippen LogP) is 2.62. The molecule has 0 unspecified atom stereocenters. The highest BCUT2D eigenvalue weighted by Gasteiger charge is 2.34. The van der Waals surface area contributed by atoms with Gasteiger partial charge in [0.2, 0.25) is 0 Å². The zero-order chi connectivity index (χ0) is 17.3. The smallest absolute Gasteiger partial charge is 0.261 e. The molecule has 0 radical (unpaired) electrons. The number of carbonyl (C=O) groups is 2. The summed E-state index contributed by atoms with van der Waals surface area (Å²) in [5, 5.41) is 7.84. The van der Waals surface area contributed by atoms with Crippen LogP contribution in [0.15, 0.2) is 24.3 Å². The minimum atomic E-state index is -0.215. The number of hydrogen-bond acceptors (Lipinski definition) is 4. The highest BCUT2D eigenvalue weighted by atomic mass is 16.2. The van der Waals surface area contributed by atoms with Crippen LogP contribution in [0.5, 0.6) is 0 Å². The number of benzene rings is 1. The summed E-state index contributed by atoms with van der Waals surface area (Å²) in [6.45, 7) is 7.83. The summed E-state index contributed by atoms with van der Waals surface area (Å²) in [6, 6.07) is 6.96. The molecule has 6 heteroatoms. The van der Waals surface area contributed by atoms with Gasteiger partial charge in [0, 0.05) is 19.6 Å².